The highest BCUT2D eigenvalue weighted by Crippen LogP contribution is 2.21. The second-order valence-corrected chi connectivity index (χ2v) is 8.46. The van der Waals surface area contributed by atoms with Crippen LogP contribution in [0.25, 0.3) is 0 Å². The summed E-state index contributed by atoms with van der Waals surface area (Å²) in [6, 6.07) is 17.8. The molecule has 0 saturated carbocycles. The van der Waals surface area contributed by atoms with Crippen molar-refractivity contribution in [3.8, 4) is 0 Å². The second kappa shape index (κ2) is 9.85. The van der Waals surface area contributed by atoms with E-state index in [2.05, 4.69) is 27.1 Å². The Kier molecular flexibility index (Phi) is 7.23. The van der Waals surface area contributed by atoms with Crippen LogP contribution >= 0.6 is 0 Å². The molecule has 1 aliphatic heterocycles. The molecule has 0 radical (unpaired) electrons. The Morgan fingerprint density at radius 2 is 1.63 bits per heavy atom. The number of benzene rings is 2. The van der Waals surface area contributed by atoms with E-state index < -0.39 is 10.0 Å². The van der Waals surface area contributed by atoms with Crippen LogP contribution in [0, 0.1) is 0 Å². The molecule has 2 aromatic carbocycles. The average Bonchev–Trinajstić information content (AvgIpc) is 2.72. The van der Waals surface area contributed by atoms with Crippen LogP contribution in [0.2, 0.25) is 0 Å². The minimum Gasteiger partial charge on any atom is -0.378 e. The van der Waals surface area contributed by atoms with Gasteiger partial charge in [-0.1, -0.05) is 48.5 Å². The Hall–Kier alpha value is -1.93. The number of ether oxygens (including phenoxy) is 1. The molecule has 0 bridgehead atoms. The van der Waals surface area contributed by atoms with Crippen LogP contribution in [0.15, 0.2) is 54.6 Å². The van der Waals surface area contributed by atoms with Gasteiger partial charge in [0.2, 0.25) is 10.0 Å². The molecular formula is C20H27N3O3S. The first kappa shape index (κ1) is 19.8. The molecule has 1 heterocycles. The molecule has 0 unspecified atom stereocenters. The van der Waals surface area contributed by atoms with E-state index in [1.54, 1.807) is 0 Å². The van der Waals surface area contributed by atoms with E-state index in [4.69, 9.17) is 4.74 Å². The summed E-state index contributed by atoms with van der Waals surface area (Å²) in [5.41, 5.74) is 3.32. The van der Waals surface area contributed by atoms with E-state index in [0.717, 1.165) is 31.9 Å². The Morgan fingerprint density at radius 1 is 0.926 bits per heavy atom. The van der Waals surface area contributed by atoms with Crippen LogP contribution in [0.5, 0.6) is 0 Å². The predicted octanol–water partition coefficient (Wildman–Crippen LogP) is 1.73. The second-order valence-electron chi connectivity index (χ2n) is 6.53. The standard InChI is InChI=1S/C20H27N3O3S/c24-27(25,22-16-18-6-2-1-3-7-18)15-10-21-17-19-8-4-5-9-20(19)23-11-13-26-14-12-23/h1-9,21-22H,10-17H2. The summed E-state index contributed by atoms with van der Waals surface area (Å²) < 4.78 is 32.4. The third-order valence-electron chi connectivity index (χ3n) is 4.55. The van der Waals surface area contributed by atoms with Crippen LogP contribution in [0.3, 0.4) is 0 Å². The highest BCUT2D eigenvalue weighted by Gasteiger charge is 2.14. The molecule has 2 aromatic rings. The van der Waals surface area contributed by atoms with Gasteiger partial charge in [-0.3, -0.25) is 0 Å². The number of rotatable bonds is 9. The molecule has 0 amide bonds. The third-order valence-corrected chi connectivity index (χ3v) is 5.87. The topological polar surface area (TPSA) is 70.7 Å². The monoisotopic (exact) mass is 389 g/mol. The first-order valence-electron chi connectivity index (χ1n) is 9.27. The fourth-order valence-electron chi connectivity index (χ4n) is 3.06. The zero-order valence-corrected chi connectivity index (χ0v) is 16.2. The normalized spacial score (nSPS) is 15.0. The summed E-state index contributed by atoms with van der Waals surface area (Å²) in [6.45, 7) is 4.62. The molecule has 7 heteroatoms. The fourth-order valence-corrected chi connectivity index (χ4v) is 4.01. The number of nitrogens with zero attached hydrogens (tertiary/aromatic N) is 1. The number of para-hydroxylation sites is 1. The third kappa shape index (κ3) is 6.32. The summed E-state index contributed by atoms with van der Waals surface area (Å²) in [5.74, 6) is 0.0551. The molecule has 0 atom stereocenters. The number of nitrogens with one attached hydrogen (secondary N) is 2. The molecule has 1 aliphatic rings. The predicted molar refractivity (Wildman–Crippen MR) is 108 cm³/mol. The molecule has 0 aromatic heterocycles. The fraction of sp³-hybridized carbons (Fsp3) is 0.400. The van der Waals surface area contributed by atoms with Crippen molar-refractivity contribution in [2.75, 3.05) is 43.5 Å². The summed E-state index contributed by atoms with van der Waals surface area (Å²) >= 11 is 0. The van der Waals surface area contributed by atoms with Gasteiger partial charge in [0, 0.05) is 38.4 Å². The Balaban J connectivity index is 1.46. The molecular weight excluding hydrogens is 362 g/mol. The number of morpholine rings is 1. The molecule has 27 heavy (non-hydrogen) atoms. The van der Waals surface area contributed by atoms with Gasteiger partial charge in [0.1, 0.15) is 0 Å². The lowest BCUT2D eigenvalue weighted by Crippen LogP contribution is -2.37. The van der Waals surface area contributed by atoms with Crippen LogP contribution in [0.4, 0.5) is 5.69 Å². The zero-order chi connectivity index (χ0) is 19.0. The van der Waals surface area contributed by atoms with Crippen molar-refractivity contribution in [1.82, 2.24) is 10.0 Å². The van der Waals surface area contributed by atoms with Gasteiger partial charge in [0.25, 0.3) is 0 Å². The number of anilines is 1. The summed E-state index contributed by atoms with van der Waals surface area (Å²) in [5, 5.41) is 3.26. The van der Waals surface area contributed by atoms with E-state index in [1.165, 1.54) is 11.3 Å². The highest BCUT2D eigenvalue weighted by atomic mass is 32.2. The van der Waals surface area contributed by atoms with Crippen LogP contribution in [0.1, 0.15) is 11.1 Å². The maximum Gasteiger partial charge on any atom is 0.213 e. The first-order valence-corrected chi connectivity index (χ1v) is 10.9. The van der Waals surface area contributed by atoms with Gasteiger partial charge >= 0.3 is 0 Å². The molecule has 2 N–H and O–H groups in total. The smallest absolute Gasteiger partial charge is 0.213 e. The molecule has 1 saturated heterocycles. The van der Waals surface area contributed by atoms with E-state index >= 15 is 0 Å². The molecule has 146 valence electrons. The first-order chi connectivity index (χ1) is 13.1. The van der Waals surface area contributed by atoms with E-state index in [9.17, 15) is 8.42 Å². The largest absolute Gasteiger partial charge is 0.378 e. The van der Waals surface area contributed by atoms with Gasteiger partial charge in [0.15, 0.2) is 0 Å². The maximum atomic E-state index is 12.2. The molecule has 0 aliphatic carbocycles. The van der Waals surface area contributed by atoms with Gasteiger partial charge in [-0.25, -0.2) is 13.1 Å². The van der Waals surface area contributed by atoms with Crippen LogP contribution in [-0.2, 0) is 27.8 Å². The van der Waals surface area contributed by atoms with Crippen molar-refractivity contribution < 1.29 is 13.2 Å². The minimum atomic E-state index is -3.30. The van der Waals surface area contributed by atoms with Crippen molar-refractivity contribution in [1.29, 1.82) is 0 Å². The number of hydrogen-bond acceptors (Lipinski definition) is 5. The summed E-state index contributed by atoms with van der Waals surface area (Å²) in [7, 11) is -3.30. The Bertz CT molecular complexity index is 806. The van der Waals surface area contributed by atoms with Gasteiger partial charge < -0.3 is 15.0 Å². The lowest BCUT2D eigenvalue weighted by molar-refractivity contribution is 0.122. The molecule has 0 spiro atoms. The van der Waals surface area contributed by atoms with Gasteiger partial charge in [-0.05, 0) is 17.2 Å². The quantitative estimate of drug-likeness (QED) is 0.639. The van der Waals surface area contributed by atoms with Crippen molar-refractivity contribution in [3.05, 3.63) is 65.7 Å². The van der Waals surface area contributed by atoms with Crippen molar-refractivity contribution in [3.63, 3.8) is 0 Å². The van der Waals surface area contributed by atoms with Crippen molar-refractivity contribution >= 4 is 15.7 Å². The average molecular weight is 390 g/mol. The summed E-state index contributed by atoms with van der Waals surface area (Å²) in [6.07, 6.45) is 0. The van der Waals surface area contributed by atoms with Gasteiger partial charge in [-0.2, -0.15) is 0 Å². The van der Waals surface area contributed by atoms with Crippen molar-refractivity contribution in [2.24, 2.45) is 0 Å². The van der Waals surface area contributed by atoms with Gasteiger partial charge in [0.05, 0.1) is 19.0 Å². The number of sulfonamides is 1. The SMILES string of the molecule is O=S(=O)(CCNCc1ccccc1N1CCOCC1)NCc1ccccc1. The van der Waals surface area contributed by atoms with Gasteiger partial charge in [-0.15, -0.1) is 0 Å². The van der Waals surface area contributed by atoms with E-state index in [1.807, 2.05) is 42.5 Å². The van der Waals surface area contributed by atoms with Crippen molar-refractivity contribution in [2.45, 2.75) is 13.1 Å². The lowest BCUT2D eigenvalue weighted by atomic mass is 10.1. The Labute approximate surface area is 161 Å². The summed E-state index contributed by atoms with van der Waals surface area (Å²) in [4.78, 5) is 2.32. The van der Waals surface area contributed by atoms with E-state index in [-0.39, 0.29) is 5.75 Å². The zero-order valence-electron chi connectivity index (χ0n) is 15.4. The maximum absolute atomic E-state index is 12.2. The Morgan fingerprint density at radius 3 is 2.41 bits per heavy atom. The number of hydrogen-bond donors (Lipinski definition) is 2. The van der Waals surface area contributed by atoms with Crippen LogP contribution in [-0.4, -0.2) is 47.0 Å². The van der Waals surface area contributed by atoms with E-state index in [0.29, 0.717) is 19.6 Å². The lowest BCUT2D eigenvalue weighted by Gasteiger charge is -2.30. The molecule has 6 nitrogen and oxygen atoms in total. The molecule has 3 rings (SSSR count). The molecule has 1 fully saturated rings. The highest BCUT2D eigenvalue weighted by molar-refractivity contribution is 7.89. The van der Waals surface area contributed by atoms with Crippen LogP contribution < -0.4 is 14.9 Å². The minimum absolute atomic E-state index is 0.0551.